The zero-order valence-corrected chi connectivity index (χ0v) is 44.7. The number of carbonyl (C=O) groups excluding carboxylic acids is 1. The van der Waals surface area contributed by atoms with Gasteiger partial charge in [0.1, 0.15) is 48.8 Å². The molecule has 0 aromatic carbocycles. The first kappa shape index (κ1) is 65.8. The van der Waals surface area contributed by atoms with Crippen LogP contribution in [-0.2, 0) is 23.7 Å². The number of amides is 1. The van der Waals surface area contributed by atoms with Gasteiger partial charge in [0.25, 0.3) is 0 Å². The normalized spacial score (nSPS) is 26.0. The molecule has 72 heavy (non-hydrogen) atoms. The van der Waals surface area contributed by atoms with Crippen LogP contribution in [0.1, 0.15) is 206 Å². The van der Waals surface area contributed by atoms with Crippen LogP contribution in [0.15, 0.2) is 60.8 Å². The summed E-state index contributed by atoms with van der Waals surface area (Å²) in [4.78, 5) is 13.3. The molecule has 0 spiro atoms. The molecular weight excluding hydrogens is 919 g/mol. The highest BCUT2D eigenvalue weighted by Crippen LogP contribution is 2.30. The second-order valence-electron chi connectivity index (χ2n) is 20.0. The molecular formula is C58H103NO13. The number of ether oxygens (including phenoxy) is 4. The first-order valence-electron chi connectivity index (χ1n) is 28.5. The molecule has 0 saturated carbocycles. The van der Waals surface area contributed by atoms with E-state index in [-0.39, 0.29) is 18.9 Å². The van der Waals surface area contributed by atoms with E-state index in [4.69, 9.17) is 18.9 Å². The van der Waals surface area contributed by atoms with E-state index in [1.54, 1.807) is 0 Å². The Balaban J connectivity index is 1.79. The quantitative estimate of drug-likeness (QED) is 0.0205. The minimum atomic E-state index is -1.79. The van der Waals surface area contributed by atoms with Crippen molar-refractivity contribution < 1.29 is 64.6 Å². The lowest BCUT2D eigenvalue weighted by Gasteiger charge is -2.46. The van der Waals surface area contributed by atoms with Gasteiger partial charge in [-0.2, -0.15) is 0 Å². The predicted octanol–water partition coefficient (Wildman–Crippen LogP) is 9.00. The van der Waals surface area contributed by atoms with E-state index in [1.807, 2.05) is 0 Å². The largest absolute Gasteiger partial charge is 0.394 e. The van der Waals surface area contributed by atoms with Crippen molar-refractivity contribution >= 4 is 5.91 Å². The van der Waals surface area contributed by atoms with Crippen molar-refractivity contribution in [2.45, 2.75) is 280 Å². The highest BCUT2D eigenvalue weighted by molar-refractivity contribution is 5.76. The van der Waals surface area contributed by atoms with Gasteiger partial charge in [0.05, 0.1) is 32.0 Å². The van der Waals surface area contributed by atoms with Gasteiger partial charge in [-0.1, -0.05) is 203 Å². The second kappa shape index (κ2) is 43.9. The minimum Gasteiger partial charge on any atom is -0.394 e. The highest BCUT2D eigenvalue weighted by atomic mass is 16.7. The number of hydrogen-bond donors (Lipinski definition) is 9. The number of hydrogen-bond acceptors (Lipinski definition) is 13. The van der Waals surface area contributed by atoms with Gasteiger partial charge in [0, 0.05) is 6.42 Å². The lowest BCUT2D eigenvalue weighted by molar-refractivity contribution is -0.359. The Labute approximate surface area is 435 Å². The van der Waals surface area contributed by atoms with Crippen LogP contribution in [0.4, 0.5) is 0 Å². The van der Waals surface area contributed by atoms with Gasteiger partial charge in [0.2, 0.25) is 5.91 Å². The number of allylic oxidation sites excluding steroid dienone is 10. The maximum Gasteiger partial charge on any atom is 0.220 e. The summed E-state index contributed by atoms with van der Waals surface area (Å²) in [7, 11) is 0. The fourth-order valence-corrected chi connectivity index (χ4v) is 9.15. The van der Waals surface area contributed by atoms with Crippen molar-refractivity contribution in [1.29, 1.82) is 0 Å². The Bertz CT molecular complexity index is 1440. The summed E-state index contributed by atoms with van der Waals surface area (Å²) < 4.78 is 22.8. The molecule has 2 heterocycles. The summed E-state index contributed by atoms with van der Waals surface area (Å²) in [6, 6.07) is -0.842. The minimum absolute atomic E-state index is 0.227. The van der Waals surface area contributed by atoms with Crippen molar-refractivity contribution in [3.8, 4) is 0 Å². The van der Waals surface area contributed by atoms with Gasteiger partial charge < -0.3 is 65.1 Å². The molecule has 2 saturated heterocycles. The number of rotatable bonds is 44. The molecule has 1 amide bonds. The highest BCUT2D eigenvalue weighted by Gasteiger charge is 2.51. The number of aliphatic hydroxyl groups excluding tert-OH is 8. The molecule has 2 rings (SSSR count). The molecule has 12 atom stereocenters. The fraction of sp³-hybridized carbons (Fsp3) is 0.810. The predicted molar refractivity (Wildman–Crippen MR) is 286 cm³/mol. The fourth-order valence-electron chi connectivity index (χ4n) is 9.15. The number of carbonyl (C=O) groups is 1. The molecule has 2 aliphatic rings. The molecule has 0 aliphatic carbocycles. The average Bonchev–Trinajstić information content (AvgIpc) is 3.38. The van der Waals surface area contributed by atoms with Gasteiger partial charge in [-0.3, -0.25) is 4.79 Å². The summed E-state index contributed by atoms with van der Waals surface area (Å²) in [5, 5.41) is 87.2. The summed E-state index contributed by atoms with van der Waals surface area (Å²) >= 11 is 0. The third-order valence-corrected chi connectivity index (χ3v) is 13.7. The van der Waals surface area contributed by atoms with Crippen molar-refractivity contribution in [2.75, 3.05) is 19.8 Å². The van der Waals surface area contributed by atoms with Crippen LogP contribution < -0.4 is 5.32 Å². The lowest BCUT2D eigenvalue weighted by Crippen LogP contribution is -2.65. The molecule has 0 aromatic heterocycles. The van der Waals surface area contributed by atoms with E-state index in [9.17, 15) is 45.6 Å². The Morgan fingerprint density at radius 3 is 1.47 bits per heavy atom. The summed E-state index contributed by atoms with van der Waals surface area (Å²) in [5.41, 5.74) is 0. The van der Waals surface area contributed by atoms with Gasteiger partial charge >= 0.3 is 0 Å². The van der Waals surface area contributed by atoms with Crippen molar-refractivity contribution in [3.05, 3.63) is 60.8 Å². The Hall–Kier alpha value is -2.31. The van der Waals surface area contributed by atoms with Crippen LogP contribution in [-0.4, -0.2) is 140 Å². The maximum atomic E-state index is 13.3. The Morgan fingerprint density at radius 1 is 0.514 bits per heavy atom. The van der Waals surface area contributed by atoms with Gasteiger partial charge in [-0.15, -0.1) is 0 Å². The molecule has 2 aliphatic heterocycles. The summed E-state index contributed by atoms with van der Waals surface area (Å²) in [5.74, 6) is -0.227. The smallest absolute Gasteiger partial charge is 0.220 e. The van der Waals surface area contributed by atoms with Crippen LogP contribution in [0.25, 0.3) is 0 Å². The lowest BCUT2D eigenvalue weighted by atomic mass is 9.97. The zero-order valence-electron chi connectivity index (χ0n) is 44.7. The maximum absolute atomic E-state index is 13.3. The van der Waals surface area contributed by atoms with E-state index < -0.39 is 86.8 Å². The molecule has 14 nitrogen and oxygen atoms in total. The molecule has 2 fully saturated rings. The summed E-state index contributed by atoms with van der Waals surface area (Å²) in [6.07, 6.45) is 37.8. The molecule has 14 heteroatoms. The van der Waals surface area contributed by atoms with Crippen LogP contribution in [0, 0.1) is 0 Å². The van der Waals surface area contributed by atoms with Crippen LogP contribution in [0.2, 0.25) is 0 Å². The van der Waals surface area contributed by atoms with Gasteiger partial charge in [-0.25, -0.2) is 0 Å². The van der Waals surface area contributed by atoms with E-state index in [1.165, 1.54) is 83.5 Å². The molecule has 0 bridgehead atoms. The van der Waals surface area contributed by atoms with E-state index in [0.717, 1.165) is 89.9 Å². The topological polar surface area (TPSA) is 228 Å². The van der Waals surface area contributed by atoms with Gasteiger partial charge in [-0.05, 0) is 57.8 Å². The number of nitrogens with one attached hydrogen (secondary N) is 1. The van der Waals surface area contributed by atoms with E-state index in [2.05, 4.69) is 79.9 Å². The third-order valence-electron chi connectivity index (χ3n) is 13.7. The van der Waals surface area contributed by atoms with E-state index >= 15 is 0 Å². The standard InChI is InChI=1S/C58H103NO13/c1-3-5-7-9-11-13-15-17-19-21-22-23-24-26-28-30-32-34-36-38-40-42-50(63)59-46(47(62)41-39-37-35-33-31-29-27-25-20-18-16-14-12-10-8-6-4-2)45-69-57-55(68)53(66)56(49(44-61)71-57)72-58-54(67)52(65)51(64)48(43-60)70-58/h5,7,11,13,17,19,22-23,26,28,46-49,51-58,60-62,64-68H,3-4,6,8-10,12,14-16,18,20-21,24-25,27,29-45H2,1-2H3,(H,59,63)/b7-5-,13-11-,19-17-,23-22-,28-26-. The molecule has 12 unspecified atom stereocenters. The van der Waals surface area contributed by atoms with Crippen molar-refractivity contribution in [1.82, 2.24) is 5.32 Å². The zero-order chi connectivity index (χ0) is 52.4. The number of unbranched alkanes of at least 4 members (excludes halogenated alkanes) is 21. The Kier molecular flexibility index (Phi) is 40.1. The van der Waals surface area contributed by atoms with Crippen molar-refractivity contribution in [2.24, 2.45) is 0 Å². The van der Waals surface area contributed by atoms with Crippen molar-refractivity contribution in [3.63, 3.8) is 0 Å². The molecule has 418 valence electrons. The number of aliphatic hydroxyl groups is 8. The average molecular weight is 1020 g/mol. The third kappa shape index (κ3) is 29.7. The first-order valence-corrected chi connectivity index (χ1v) is 28.5. The van der Waals surface area contributed by atoms with Crippen LogP contribution in [0.3, 0.4) is 0 Å². The van der Waals surface area contributed by atoms with Gasteiger partial charge in [0.15, 0.2) is 12.6 Å². The molecule has 9 N–H and O–H groups in total. The monoisotopic (exact) mass is 1020 g/mol. The van der Waals surface area contributed by atoms with Crippen LogP contribution in [0.5, 0.6) is 0 Å². The second-order valence-corrected chi connectivity index (χ2v) is 20.0. The summed E-state index contributed by atoms with van der Waals surface area (Å²) in [6.45, 7) is 2.73. The molecule has 0 radical (unpaired) electrons. The molecule has 0 aromatic rings. The Morgan fingerprint density at radius 2 is 0.958 bits per heavy atom. The van der Waals surface area contributed by atoms with E-state index in [0.29, 0.717) is 12.8 Å². The SMILES string of the molecule is CC/C=C\C/C=C\C/C=C\C/C=C\C/C=C\CCCCCCCC(=O)NC(COC1OC(CO)C(OC2OC(CO)C(O)C(O)C2O)C(O)C1O)C(O)CCCCCCCCCCCCCCCCCCC. The van der Waals surface area contributed by atoms with Crippen LogP contribution >= 0.6 is 0 Å². The first-order chi connectivity index (χ1) is 35.1.